The molecule has 354 valence electrons. The van der Waals surface area contributed by atoms with Crippen LogP contribution in [0.3, 0.4) is 0 Å². The van der Waals surface area contributed by atoms with E-state index < -0.39 is 77.5 Å². The van der Waals surface area contributed by atoms with Crippen LogP contribution in [0.4, 0.5) is 30.2 Å². The van der Waals surface area contributed by atoms with Crippen LogP contribution < -0.4 is 36.8 Å². The van der Waals surface area contributed by atoms with Crippen LogP contribution in [0.5, 0.6) is 0 Å². The second kappa shape index (κ2) is 21.3. The third-order valence-electron chi connectivity index (χ3n) is 12.2. The topological polar surface area (TPSA) is 194 Å². The molecule has 16 nitrogen and oxygen atoms in total. The zero-order valence-electron chi connectivity index (χ0n) is 37.6. The molecular weight excluding hydrogens is 872 g/mol. The number of hydrogen-bond donors (Lipinski definition) is 6. The van der Waals surface area contributed by atoms with Crippen molar-refractivity contribution in [1.82, 2.24) is 31.1 Å². The van der Waals surface area contributed by atoms with Gasteiger partial charge in [0.25, 0.3) is 5.91 Å². The average Bonchev–Trinajstić information content (AvgIpc) is 3.88. The maximum absolute atomic E-state index is 14.8. The fourth-order valence-corrected chi connectivity index (χ4v) is 8.72. The number of fused-ring (bicyclic) bond motifs is 2. The van der Waals surface area contributed by atoms with Gasteiger partial charge in [0, 0.05) is 57.3 Å². The number of nitrogens with zero attached hydrogens (tertiary/aromatic N) is 3. The first kappa shape index (κ1) is 48.3. The molecule has 1 saturated heterocycles. The summed E-state index contributed by atoms with van der Waals surface area (Å²) in [6.45, 7) is 5.19. The monoisotopic (exact) mass is 925 g/mol. The molecule has 0 bridgehead atoms. The molecule has 6 N–H and O–H groups in total. The van der Waals surface area contributed by atoms with Crippen molar-refractivity contribution in [2.24, 2.45) is 0 Å². The molecule has 1 unspecified atom stereocenters. The lowest BCUT2D eigenvalue weighted by Crippen LogP contribution is -2.55. The minimum absolute atomic E-state index is 0.0483. The summed E-state index contributed by atoms with van der Waals surface area (Å²) in [5.41, 5.74) is 3.10. The van der Waals surface area contributed by atoms with Gasteiger partial charge in [0.2, 0.25) is 29.5 Å². The van der Waals surface area contributed by atoms with Crippen molar-refractivity contribution in [3.63, 3.8) is 0 Å². The molecule has 67 heavy (non-hydrogen) atoms. The van der Waals surface area contributed by atoms with Gasteiger partial charge in [-0.15, -0.1) is 0 Å². The van der Waals surface area contributed by atoms with Gasteiger partial charge in [0.1, 0.15) is 35.2 Å². The quantitative estimate of drug-likeness (QED) is 0.0974. The van der Waals surface area contributed by atoms with E-state index in [0.717, 1.165) is 40.8 Å². The summed E-state index contributed by atoms with van der Waals surface area (Å²) in [6.07, 6.45) is -0.389. The molecule has 0 aromatic heterocycles. The largest absolute Gasteiger partial charge is 0.379 e. The van der Waals surface area contributed by atoms with Gasteiger partial charge in [0.05, 0.1) is 31.7 Å². The molecule has 4 aromatic carbocycles. The lowest BCUT2D eigenvalue weighted by molar-refractivity contribution is -0.144. The van der Waals surface area contributed by atoms with Crippen molar-refractivity contribution >= 4 is 52.5 Å². The summed E-state index contributed by atoms with van der Waals surface area (Å²) in [7, 11) is 2.90. The predicted octanol–water partition coefficient (Wildman–Crippen LogP) is 2.93. The van der Waals surface area contributed by atoms with Crippen molar-refractivity contribution in [2.45, 2.75) is 57.0 Å². The third kappa shape index (κ3) is 11.3. The summed E-state index contributed by atoms with van der Waals surface area (Å²) in [5.74, 6) is -6.75. The van der Waals surface area contributed by atoms with Gasteiger partial charge in [-0.3, -0.25) is 33.7 Å². The third-order valence-corrected chi connectivity index (χ3v) is 12.2. The molecular formula is C48H54F3N9O7. The molecule has 4 aromatic rings. The van der Waals surface area contributed by atoms with Crippen molar-refractivity contribution in [2.75, 3.05) is 75.5 Å². The molecule has 5 atom stereocenters. The van der Waals surface area contributed by atoms with Gasteiger partial charge < -0.3 is 46.4 Å². The van der Waals surface area contributed by atoms with Crippen molar-refractivity contribution in [3.05, 3.63) is 124 Å². The van der Waals surface area contributed by atoms with Crippen LogP contribution in [0.1, 0.15) is 53.6 Å². The first-order valence-electron chi connectivity index (χ1n) is 22.0. The summed E-state index contributed by atoms with van der Waals surface area (Å²) < 4.78 is 48.6. The fraction of sp³-hybridized carbons (Fsp3) is 0.375. The van der Waals surface area contributed by atoms with Crippen LogP contribution in [0.15, 0.2) is 78.9 Å². The molecule has 0 radical (unpaired) electrons. The second-order valence-electron chi connectivity index (χ2n) is 17.0. The number of halogens is 3. The van der Waals surface area contributed by atoms with Gasteiger partial charge in [-0.05, 0) is 97.6 Å². The van der Waals surface area contributed by atoms with E-state index in [9.17, 15) is 41.9 Å². The molecule has 0 saturated carbocycles. The number of ether oxygens (including phenoxy) is 1. The van der Waals surface area contributed by atoms with Crippen LogP contribution in [0, 0.1) is 17.5 Å². The summed E-state index contributed by atoms with van der Waals surface area (Å²) in [4.78, 5) is 87.1. The molecule has 3 heterocycles. The Bertz CT molecular complexity index is 2510. The summed E-state index contributed by atoms with van der Waals surface area (Å²) in [5, 5.41) is 16.4. The molecule has 3 aliphatic rings. The van der Waals surface area contributed by atoms with Crippen LogP contribution in [0.25, 0.3) is 0 Å². The SMILES string of the molecule is CNCC(=O)N[C@H](C(=O)N1Cc2ccc(NC(=O)CNC(=O)C3CN(C(=O)CN4CCN[C@H](C)C4)c4cc(Cc5ccc(F)cc5)ccc43)cc2[C@H]1C(=O)Nc1c(F)cccc1F)[C@@H](C)OC. The standard InChI is InChI=1S/C48H54F3N9O7/c1-27-23-58(17-16-53-27)26-42(63)59-25-36(34-15-10-30(19-39(34)59)18-29-8-12-32(49)13-9-29)46(64)54-22-41(62)55-33-14-11-31-24-60(48(66)43(28(2)67-4)56-40(61)21-52-3)45(35(31)20-33)47(65)57-44-37(50)6-5-7-38(44)51/h5-15,19-20,27-28,36,43,45,52-53H,16-18,21-26H2,1-4H3,(H,54,64)(H,55,62)(H,56,61)(H,57,65)/t27-,28-,36?,43+,45+/m1/s1. The van der Waals surface area contributed by atoms with E-state index in [0.29, 0.717) is 36.3 Å². The number of hydrogen-bond acceptors (Lipinski definition) is 10. The smallest absolute Gasteiger partial charge is 0.252 e. The zero-order chi connectivity index (χ0) is 47.9. The van der Waals surface area contributed by atoms with Crippen molar-refractivity contribution in [3.8, 4) is 0 Å². The molecule has 3 aliphatic heterocycles. The Labute approximate surface area is 386 Å². The summed E-state index contributed by atoms with van der Waals surface area (Å²) in [6, 6.07) is 16.8. The van der Waals surface area contributed by atoms with E-state index in [1.807, 2.05) is 19.1 Å². The molecule has 0 aliphatic carbocycles. The Hall–Kier alpha value is -6.67. The lowest BCUT2D eigenvalue weighted by atomic mass is 9.97. The molecule has 0 spiro atoms. The molecule has 6 amide bonds. The van der Waals surface area contributed by atoms with E-state index in [1.54, 1.807) is 49.2 Å². The Morgan fingerprint density at radius 2 is 1.57 bits per heavy atom. The van der Waals surface area contributed by atoms with E-state index in [-0.39, 0.29) is 55.2 Å². The number of likely N-dealkylation sites (N-methyl/N-ethyl adjacent to an activating group) is 1. The van der Waals surface area contributed by atoms with Gasteiger partial charge in [0.15, 0.2) is 0 Å². The molecule has 1 fully saturated rings. The minimum Gasteiger partial charge on any atom is -0.379 e. The Balaban J connectivity index is 1.08. The highest BCUT2D eigenvalue weighted by Gasteiger charge is 2.43. The summed E-state index contributed by atoms with van der Waals surface area (Å²) >= 11 is 0. The zero-order valence-corrected chi connectivity index (χ0v) is 37.6. The number of para-hydroxylation sites is 1. The van der Waals surface area contributed by atoms with Crippen LogP contribution >= 0.6 is 0 Å². The minimum atomic E-state index is -1.48. The Morgan fingerprint density at radius 3 is 2.27 bits per heavy atom. The van der Waals surface area contributed by atoms with E-state index in [1.165, 1.54) is 25.3 Å². The van der Waals surface area contributed by atoms with E-state index >= 15 is 0 Å². The first-order valence-corrected chi connectivity index (χ1v) is 22.0. The normalized spacial score (nSPS) is 18.6. The number of carbonyl (C=O) groups is 6. The fourth-order valence-electron chi connectivity index (χ4n) is 8.72. The van der Waals surface area contributed by atoms with Crippen LogP contribution in [0.2, 0.25) is 0 Å². The Kier molecular flexibility index (Phi) is 15.4. The van der Waals surface area contributed by atoms with Crippen LogP contribution in [-0.2, 0) is 46.5 Å². The van der Waals surface area contributed by atoms with Gasteiger partial charge in [-0.1, -0.05) is 36.4 Å². The number of rotatable bonds is 16. The Morgan fingerprint density at radius 1 is 0.836 bits per heavy atom. The number of nitrogens with one attached hydrogen (secondary N) is 6. The number of anilines is 3. The highest BCUT2D eigenvalue weighted by atomic mass is 19.1. The maximum atomic E-state index is 14.8. The maximum Gasteiger partial charge on any atom is 0.252 e. The number of benzene rings is 4. The highest BCUT2D eigenvalue weighted by molar-refractivity contribution is 6.03. The lowest BCUT2D eigenvalue weighted by Gasteiger charge is -2.32. The van der Waals surface area contributed by atoms with E-state index in [4.69, 9.17) is 4.74 Å². The average molecular weight is 926 g/mol. The number of carbonyl (C=O) groups excluding carboxylic acids is 6. The number of piperazine rings is 1. The van der Waals surface area contributed by atoms with Crippen molar-refractivity contribution < 1.29 is 46.7 Å². The molecule has 19 heteroatoms. The number of methoxy groups -OCH3 is 1. The van der Waals surface area contributed by atoms with Gasteiger partial charge >= 0.3 is 0 Å². The van der Waals surface area contributed by atoms with Crippen LogP contribution in [-0.4, -0.2) is 123 Å². The van der Waals surface area contributed by atoms with E-state index in [2.05, 4.69) is 36.8 Å². The van der Waals surface area contributed by atoms with Gasteiger partial charge in [-0.2, -0.15) is 0 Å². The second-order valence-corrected chi connectivity index (χ2v) is 17.0. The van der Waals surface area contributed by atoms with Crippen molar-refractivity contribution in [1.29, 1.82) is 0 Å². The first-order chi connectivity index (χ1) is 32.1. The number of amides is 6. The van der Waals surface area contributed by atoms with Gasteiger partial charge in [-0.25, -0.2) is 13.2 Å². The predicted molar refractivity (Wildman–Crippen MR) is 243 cm³/mol. The highest BCUT2D eigenvalue weighted by Crippen LogP contribution is 2.39. The molecule has 7 rings (SSSR count).